The maximum Gasteiger partial charge on any atom is 0.201 e. The molecule has 24 heavy (non-hydrogen) atoms. The lowest BCUT2D eigenvalue weighted by Gasteiger charge is -2.25. The molecule has 2 nitrogen and oxygen atoms in total. The molecular weight excluding hydrogens is 367 g/mol. The fraction of sp³-hybridized carbons (Fsp3) is 0.368. The summed E-state index contributed by atoms with van der Waals surface area (Å²) in [6.45, 7) is 2.84. The smallest absolute Gasteiger partial charge is 0.201 e. The summed E-state index contributed by atoms with van der Waals surface area (Å²) < 4.78 is 9.42. The second-order valence-corrected chi connectivity index (χ2v) is 7.89. The minimum Gasteiger partial charge on any atom is -0.497 e. The van der Waals surface area contributed by atoms with Crippen molar-refractivity contribution >= 4 is 34.8 Å². The molecule has 0 N–H and O–H groups in total. The molecule has 0 radical (unpaired) electrons. The van der Waals surface area contributed by atoms with Gasteiger partial charge in [0.2, 0.25) is 3.79 Å². The highest BCUT2D eigenvalue weighted by Crippen LogP contribution is 2.46. The Morgan fingerprint density at radius 2 is 1.38 bits per heavy atom. The molecule has 0 heterocycles. The lowest BCUT2D eigenvalue weighted by atomic mass is 9.92. The van der Waals surface area contributed by atoms with Gasteiger partial charge in [-0.15, -0.1) is 0 Å². The van der Waals surface area contributed by atoms with E-state index >= 15 is 0 Å². The second kappa shape index (κ2) is 8.84. The zero-order chi connectivity index (χ0) is 17.6. The summed E-state index contributed by atoms with van der Waals surface area (Å²) in [6, 6.07) is 15.3. The van der Waals surface area contributed by atoms with Crippen LogP contribution in [0.1, 0.15) is 36.8 Å². The van der Waals surface area contributed by atoms with Gasteiger partial charge in [-0.2, -0.15) is 0 Å². The Kier molecular flexibility index (Phi) is 7.09. The van der Waals surface area contributed by atoms with Gasteiger partial charge in [-0.1, -0.05) is 72.4 Å². The molecule has 0 saturated heterocycles. The highest BCUT2D eigenvalue weighted by Gasteiger charge is 2.35. The van der Waals surface area contributed by atoms with Crippen LogP contribution in [0.4, 0.5) is 0 Å². The van der Waals surface area contributed by atoms with Gasteiger partial charge < -0.3 is 9.47 Å². The van der Waals surface area contributed by atoms with Crippen LogP contribution in [0.15, 0.2) is 48.5 Å². The summed E-state index contributed by atoms with van der Waals surface area (Å²) in [6.07, 6.45) is 2.13. The highest BCUT2D eigenvalue weighted by atomic mass is 35.6. The van der Waals surface area contributed by atoms with Crippen LogP contribution in [-0.2, 0) is 0 Å². The second-order valence-electron chi connectivity index (χ2n) is 5.52. The van der Waals surface area contributed by atoms with Crippen molar-refractivity contribution in [3.63, 3.8) is 0 Å². The number of hydrogen-bond acceptors (Lipinski definition) is 2. The Bertz CT molecular complexity index is 619. The summed E-state index contributed by atoms with van der Waals surface area (Å²) in [5.74, 6) is 1.21. The molecule has 0 spiro atoms. The maximum atomic E-state index is 6.25. The zero-order valence-electron chi connectivity index (χ0n) is 13.8. The van der Waals surface area contributed by atoms with E-state index in [9.17, 15) is 0 Å². The lowest BCUT2D eigenvalue weighted by Crippen LogP contribution is -2.18. The van der Waals surface area contributed by atoms with E-state index in [2.05, 4.69) is 6.92 Å². The van der Waals surface area contributed by atoms with Gasteiger partial charge in [0.15, 0.2) is 0 Å². The molecule has 0 bridgehead atoms. The van der Waals surface area contributed by atoms with Crippen LogP contribution in [0.3, 0.4) is 0 Å². The Hall–Kier alpha value is -1.09. The first-order valence-electron chi connectivity index (χ1n) is 7.89. The van der Waals surface area contributed by atoms with Gasteiger partial charge in [0.1, 0.15) is 11.5 Å². The quantitative estimate of drug-likeness (QED) is 0.405. The number of rotatable bonds is 7. The van der Waals surface area contributed by atoms with E-state index in [0.29, 0.717) is 6.61 Å². The van der Waals surface area contributed by atoms with Crippen LogP contribution in [-0.4, -0.2) is 17.5 Å². The van der Waals surface area contributed by atoms with E-state index in [1.54, 1.807) is 7.11 Å². The summed E-state index contributed by atoms with van der Waals surface area (Å²) in [5, 5.41) is 0. The molecule has 1 atom stereocenters. The van der Waals surface area contributed by atoms with Crippen molar-refractivity contribution in [2.45, 2.75) is 29.5 Å². The van der Waals surface area contributed by atoms with Crippen LogP contribution >= 0.6 is 34.8 Å². The van der Waals surface area contributed by atoms with Gasteiger partial charge in [-0.05, 0) is 41.8 Å². The topological polar surface area (TPSA) is 18.5 Å². The van der Waals surface area contributed by atoms with Gasteiger partial charge in [-0.3, -0.25) is 0 Å². The van der Waals surface area contributed by atoms with Crippen LogP contribution in [0, 0.1) is 0 Å². The number of benzene rings is 2. The molecule has 2 rings (SSSR count). The van der Waals surface area contributed by atoms with Crippen molar-refractivity contribution in [1.82, 2.24) is 0 Å². The molecule has 130 valence electrons. The standard InChI is InChI=1S/C19H21Cl3O2/c1-3-4-13-24-17-11-7-15(8-12-17)18(19(20,21)22)14-5-9-16(23-2)10-6-14/h5-12,18H,3-4,13H2,1-2H3. The average Bonchev–Trinajstić information content (AvgIpc) is 2.56. The van der Waals surface area contributed by atoms with E-state index in [1.165, 1.54) is 0 Å². The maximum absolute atomic E-state index is 6.25. The van der Waals surface area contributed by atoms with Gasteiger partial charge in [0.05, 0.1) is 19.6 Å². The number of alkyl halides is 3. The Morgan fingerprint density at radius 1 is 0.875 bits per heavy atom. The van der Waals surface area contributed by atoms with Crippen molar-refractivity contribution in [2.75, 3.05) is 13.7 Å². The summed E-state index contributed by atoms with van der Waals surface area (Å²) in [5.41, 5.74) is 1.83. The molecule has 0 aliphatic rings. The molecule has 0 aromatic heterocycles. The third kappa shape index (κ3) is 5.20. The van der Waals surface area contributed by atoms with E-state index in [4.69, 9.17) is 44.3 Å². The normalized spacial score (nSPS) is 12.7. The Balaban J connectivity index is 2.24. The molecule has 2 aromatic carbocycles. The van der Waals surface area contributed by atoms with Gasteiger partial charge in [0.25, 0.3) is 0 Å². The predicted molar refractivity (Wildman–Crippen MR) is 102 cm³/mol. The minimum atomic E-state index is -1.46. The van der Waals surface area contributed by atoms with E-state index in [1.807, 2.05) is 48.5 Å². The van der Waals surface area contributed by atoms with Gasteiger partial charge in [0, 0.05) is 0 Å². The SMILES string of the molecule is CCCCOc1ccc(C(c2ccc(OC)cc2)C(Cl)(Cl)Cl)cc1. The number of unbranched alkanes of at least 4 members (excludes halogenated alkanes) is 1. The third-order valence-electron chi connectivity index (χ3n) is 3.76. The number of ether oxygens (including phenoxy) is 2. The fourth-order valence-corrected chi connectivity index (χ4v) is 3.21. The fourth-order valence-electron chi connectivity index (χ4n) is 2.46. The molecule has 1 unspecified atom stereocenters. The minimum absolute atomic E-state index is 0.377. The highest BCUT2D eigenvalue weighted by molar-refractivity contribution is 6.68. The van der Waals surface area contributed by atoms with E-state index in [0.717, 1.165) is 35.5 Å². The molecule has 0 saturated carbocycles. The third-order valence-corrected chi connectivity index (χ3v) is 4.41. The Morgan fingerprint density at radius 3 is 1.79 bits per heavy atom. The van der Waals surface area contributed by atoms with Crippen molar-refractivity contribution in [2.24, 2.45) is 0 Å². The summed E-state index contributed by atoms with van der Waals surface area (Å²) in [4.78, 5) is 0. The van der Waals surface area contributed by atoms with Crippen molar-refractivity contribution < 1.29 is 9.47 Å². The van der Waals surface area contributed by atoms with Crippen molar-refractivity contribution in [1.29, 1.82) is 0 Å². The van der Waals surface area contributed by atoms with Gasteiger partial charge >= 0.3 is 0 Å². The van der Waals surface area contributed by atoms with E-state index in [-0.39, 0.29) is 5.92 Å². The monoisotopic (exact) mass is 386 g/mol. The summed E-state index contributed by atoms with van der Waals surface area (Å²) in [7, 11) is 1.62. The first kappa shape index (κ1) is 19.2. The number of halogens is 3. The van der Waals surface area contributed by atoms with Gasteiger partial charge in [-0.25, -0.2) is 0 Å². The molecule has 0 aliphatic heterocycles. The van der Waals surface area contributed by atoms with Crippen LogP contribution in [0.5, 0.6) is 11.5 Å². The Labute approximate surface area is 158 Å². The summed E-state index contributed by atoms with van der Waals surface area (Å²) >= 11 is 18.8. The number of hydrogen-bond donors (Lipinski definition) is 0. The van der Waals surface area contributed by atoms with Crippen molar-refractivity contribution in [3.05, 3.63) is 59.7 Å². The zero-order valence-corrected chi connectivity index (χ0v) is 16.0. The molecular formula is C19H21Cl3O2. The van der Waals surface area contributed by atoms with Crippen molar-refractivity contribution in [3.8, 4) is 11.5 Å². The molecule has 0 amide bonds. The molecule has 2 aromatic rings. The largest absolute Gasteiger partial charge is 0.497 e. The molecule has 0 fully saturated rings. The number of methoxy groups -OCH3 is 1. The molecule has 0 aliphatic carbocycles. The van der Waals surface area contributed by atoms with Crippen LogP contribution < -0.4 is 9.47 Å². The molecule has 5 heteroatoms. The average molecular weight is 388 g/mol. The predicted octanol–water partition coefficient (Wildman–Crippen LogP) is 6.38. The van der Waals surface area contributed by atoms with Crippen LogP contribution in [0.25, 0.3) is 0 Å². The first-order chi connectivity index (χ1) is 11.5. The van der Waals surface area contributed by atoms with Crippen LogP contribution in [0.2, 0.25) is 0 Å². The first-order valence-corrected chi connectivity index (χ1v) is 9.02. The lowest BCUT2D eigenvalue weighted by molar-refractivity contribution is 0.309. The van der Waals surface area contributed by atoms with E-state index < -0.39 is 3.79 Å².